The number of cyclic esters (lactones) is 1. The molecule has 0 aromatic rings. The largest absolute Gasteiger partial charge is 0.457 e. The van der Waals surface area contributed by atoms with E-state index in [1.165, 1.54) is 6.08 Å². The molecule has 2 N–H and O–H groups in total. The number of allylic oxidation sites excluding steroid dienone is 5. The molecule has 8 heteroatoms. The number of hydrogen-bond acceptors (Lipinski definition) is 7. The normalized spacial score (nSPS) is 33.1. The summed E-state index contributed by atoms with van der Waals surface area (Å²) in [5.74, 6) is -2.50. The predicted molar refractivity (Wildman–Crippen MR) is 169 cm³/mol. The lowest BCUT2D eigenvalue weighted by molar-refractivity contribution is -0.152. The predicted octanol–water partition coefficient (Wildman–Crippen LogP) is 6.33. The van der Waals surface area contributed by atoms with Crippen LogP contribution in [-0.4, -0.2) is 54.5 Å². The van der Waals surface area contributed by atoms with Crippen LogP contribution in [0.4, 0.5) is 0 Å². The zero-order valence-corrected chi connectivity index (χ0v) is 26.8. The fourth-order valence-electron chi connectivity index (χ4n) is 5.04. The molecule has 238 valence electrons. The number of aliphatic hydroxyl groups is 1. The molecule has 8 nitrogen and oxygen atoms in total. The molecule has 1 amide bonds. The van der Waals surface area contributed by atoms with Gasteiger partial charge >= 0.3 is 11.9 Å². The molecule has 5 atom stereocenters. The molecule has 2 bridgehead atoms. The van der Waals surface area contributed by atoms with E-state index in [0.29, 0.717) is 37.0 Å². The molecule has 0 aliphatic carbocycles. The summed E-state index contributed by atoms with van der Waals surface area (Å²) in [6, 6.07) is 0. The van der Waals surface area contributed by atoms with E-state index < -0.39 is 42.1 Å². The van der Waals surface area contributed by atoms with Crippen molar-refractivity contribution in [1.29, 1.82) is 0 Å². The summed E-state index contributed by atoms with van der Waals surface area (Å²) in [6.07, 6.45) is 13.3. The van der Waals surface area contributed by atoms with Crippen LogP contribution in [0, 0.1) is 5.92 Å². The number of ether oxygens (including phenoxy) is 3. The molecule has 2 aliphatic heterocycles. The summed E-state index contributed by atoms with van der Waals surface area (Å²) in [4.78, 5) is 39.2. The Bertz CT molecular complexity index is 1140. The fraction of sp³-hybridized carbons (Fsp3) is 0.571. The zero-order chi connectivity index (χ0) is 31.9. The van der Waals surface area contributed by atoms with Gasteiger partial charge in [0, 0.05) is 31.2 Å². The summed E-state index contributed by atoms with van der Waals surface area (Å²) in [5.41, 5.74) is 4.09. The maximum absolute atomic E-state index is 13.2. The van der Waals surface area contributed by atoms with Gasteiger partial charge in [0.1, 0.15) is 18.3 Å². The second-order valence-electron chi connectivity index (χ2n) is 11.8. The van der Waals surface area contributed by atoms with Crippen molar-refractivity contribution in [2.75, 3.05) is 7.11 Å². The molecule has 0 spiro atoms. The Morgan fingerprint density at radius 2 is 1.81 bits per heavy atom. The molecule has 0 saturated heterocycles. The van der Waals surface area contributed by atoms with Gasteiger partial charge in [-0.15, -0.1) is 0 Å². The average molecular weight is 598 g/mol. The topological polar surface area (TPSA) is 111 Å². The first kappa shape index (κ1) is 36.0. The fourth-order valence-corrected chi connectivity index (χ4v) is 5.04. The third-order valence-electron chi connectivity index (χ3n) is 7.83. The lowest BCUT2D eigenvalue weighted by Gasteiger charge is -2.25. The van der Waals surface area contributed by atoms with Crippen LogP contribution < -0.4 is 5.32 Å². The first-order valence-corrected chi connectivity index (χ1v) is 15.4. The second-order valence-corrected chi connectivity index (χ2v) is 11.8. The van der Waals surface area contributed by atoms with E-state index in [2.05, 4.69) is 11.9 Å². The molecule has 2 aliphatic rings. The lowest BCUT2D eigenvalue weighted by Crippen LogP contribution is -2.43. The molecule has 2 rings (SSSR count). The van der Waals surface area contributed by atoms with E-state index in [-0.39, 0.29) is 12.5 Å². The number of rotatable bonds is 3. The monoisotopic (exact) mass is 597 g/mol. The molecule has 0 radical (unpaired) electrons. The number of nitrogens with one attached hydrogen (secondary N) is 1. The molecule has 2 heterocycles. The van der Waals surface area contributed by atoms with Gasteiger partial charge in [0.05, 0.1) is 12.5 Å². The Kier molecular flexibility index (Phi) is 15.4. The van der Waals surface area contributed by atoms with E-state index in [1.54, 1.807) is 33.1 Å². The molecule has 43 heavy (non-hydrogen) atoms. The van der Waals surface area contributed by atoms with Gasteiger partial charge in [-0.2, -0.15) is 0 Å². The minimum Gasteiger partial charge on any atom is -0.457 e. The van der Waals surface area contributed by atoms with Crippen LogP contribution in [0.25, 0.3) is 0 Å². The highest BCUT2D eigenvalue weighted by Gasteiger charge is 2.31. The Balaban J connectivity index is 2.54. The van der Waals surface area contributed by atoms with E-state index in [1.807, 2.05) is 39.0 Å². The molecule has 0 aromatic carbocycles. The maximum Gasteiger partial charge on any atom is 0.333 e. The van der Waals surface area contributed by atoms with Crippen LogP contribution in [0.5, 0.6) is 0 Å². The average Bonchev–Trinajstić information content (AvgIpc) is 2.94. The number of carbonyl (C=O) groups excluding carboxylic acids is 3. The van der Waals surface area contributed by atoms with Gasteiger partial charge in [-0.25, -0.2) is 4.79 Å². The smallest absolute Gasteiger partial charge is 0.333 e. The Labute approximate surface area is 257 Å². The zero-order valence-electron chi connectivity index (χ0n) is 26.8. The van der Waals surface area contributed by atoms with Gasteiger partial charge in [-0.1, -0.05) is 62.6 Å². The number of aliphatic hydroxyl groups excluding tert-OH is 1. The minimum atomic E-state index is -1.47. The van der Waals surface area contributed by atoms with Gasteiger partial charge in [0.25, 0.3) is 5.91 Å². The maximum atomic E-state index is 13.2. The lowest BCUT2D eigenvalue weighted by atomic mass is 9.96. The highest BCUT2D eigenvalue weighted by atomic mass is 16.5. The van der Waals surface area contributed by atoms with E-state index in [4.69, 9.17) is 14.2 Å². The molecular formula is C35H51NO7. The van der Waals surface area contributed by atoms with E-state index >= 15 is 0 Å². The second kappa shape index (κ2) is 18.4. The van der Waals surface area contributed by atoms with Crippen molar-refractivity contribution in [3.8, 4) is 0 Å². The SMILES string of the molecule is C=C1CC(OC)CCCCC/C2=C\C(=O)OC(/C=C(/C)CC(=O)OC(/C=C\CC)C(C)C(O)C(=O)N2)C/C(C)=C/C=C/1C. The molecule has 0 aromatic heterocycles. The summed E-state index contributed by atoms with van der Waals surface area (Å²) in [5, 5.41) is 13.7. The number of fused-ring (bicyclic) bond motifs is 3. The molecule has 0 saturated carbocycles. The number of amides is 1. The van der Waals surface area contributed by atoms with Crippen LogP contribution in [0.1, 0.15) is 92.4 Å². The van der Waals surface area contributed by atoms with Crippen molar-refractivity contribution in [1.82, 2.24) is 5.32 Å². The highest BCUT2D eigenvalue weighted by molar-refractivity contribution is 5.87. The first-order chi connectivity index (χ1) is 20.4. The Morgan fingerprint density at radius 3 is 2.51 bits per heavy atom. The van der Waals surface area contributed by atoms with Gasteiger partial charge in [-0.3, -0.25) is 9.59 Å². The van der Waals surface area contributed by atoms with Crippen LogP contribution in [0.15, 0.2) is 71.0 Å². The quantitative estimate of drug-likeness (QED) is 0.289. The molecule has 0 fully saturated rings. The van der Waals surface area contributed by atoms with Crippen molar-refractivity contribution >= 4 is 17.8 Å². The third-order valence-corrected chi connectivity index (χ3v) is 7.83. The standard InChI is InChI=1S/C35H51NO7/c1-8-9-15-31-27(6)34(39)35(40)36-28-13-11-10-12-14-29(41-7)21-26(5)25(4)17-16-23(2)18-30(42-33(38)22-28)19-24(3)20-32(37)43-31/h9,15-17,19,22,27,29-31,34,39H,5,8,10-14,18,20-21H2,1-4,6-7H3,(H,36,40)/b15-9-,23-16+,24-19-,25-17+,28-22+. The van der Waals surface area contributed by atoms with E-state index in [9.17, 15) is 19.5 Å². The Morgan fingerprint density at radius 1 is 1.07 bits per heavy atom. The summed E-state index contributed by atoms with van der Waals surface area (Å²) < 4.78 is 17.3. The van der Waals surface area contributed by atoms with Crippen molar-refractivity contribution in [2.24, 2.45) is 5.92 Å². The van der Waals surface area contributed by atoms with E-state index in [0.717, 1.165) is 42.4 Å². The molecular weight excluding hydrogens is 546 g/mol. The first-order valence-electron chi connectivity index (χ1n) is 15.4. The van der Waals surface area contributed by atoms with Gasteiger partial charge in [-0.05, 0) is 76.2 Å². The summed E-state index contributed by atoms with van der Waals surface area (Å²) in [7, 11) is 1.72. The van der Waals surface area contributed by atoms with Crippen LogP contribution in [-0.2, 0) is 28.6 Å². The van der Waals surface area contributed by atoms with Gasteiger partial charge in [0.2, 0.25) is 0 Å². The van der Waals surface area contributed by atoms with Crippen LogP contribution >= 0.6 is 0 Å². The van der Waals surface area contributed by atoms with Crippen LogP contribution in [0.3, 0.4) is 0 Å². The third kappa shape index (κ3) is 12.9. The van der Waals surface area contributed by atoms with Crippen LogP contribution in [0.2, 0.25) is 0 Å². The number of carbonyl (C=O) groups is 3. The van der Waals surface area contributed by atoms with Gasteiger partial charge < -0.3 is 24.6 Å². The summed E-state index contributed by atoms with van der Waals surface area (Å²) in [6.45, 7) is 13.6. The van der Waals surface area contributed by atoms with Crippen molar-refractivity contribution in [2.45, 2.75) is 117 Å². The molecule has 5 unspecified atom stereocenters. The highest BCUT2D eigenvalue weighted by Crippen LogP contribution is 2.23. The van der Waals surface area contributed by atoms with Crippen molar-refractivity contribution in [3.05, 3.63) is 71.0 Å². The number of esters is 2. The van der Waals surface area contributed by atoms with Crippen molar-refractivity contribution < 1.29 is 33.7 Å². The number of hydrogen-bond donors (Lipinski definition) is 2. The summed E-state index contributed by atoms with van der Waals surface area (Å²) >= 11 is 0. The Hall–Kier alpha value is -3.23. The van der Waals surface area contributed by atoms with Crippen molar-refractivity contribution in [3.63, 3.8) is 0 Å². The minimum absolute atomic E-state index is 0.0249. The number of methoxy groups -OCH3 is 1. The van der Waals surface area contributed by atoms with Gasteiger partial charge in [0.15, 0.2) is 0 Å².